The second kappa shape index (κ2) is 4.01. The summed E-state index contributed by atoms with van der Waals surface area (Å²) in [5.41, 5.74) is -1.06. The maximum absolute atomic E-state index is 11.6. The van der Waals surface area contributed by atoms with Crippen molar-refractivity contribution in [2.75, 3.05) is 31.3 Å². The first-order valence-electron chi connectivity index (χ1n) is 4.99. The summed E-state index contributed by atoms with van der Waals surface area (Å²) >= 11 is 0. The lowest BCUT2D eigenvalue weighted by molar-refractivity contribution is 0.108. The van der Waals surface area contributed by atoms with E-state index in [2.05, 4.69) is 4.98 Å². The third kappa shape index (κ3) is 1.69. The van der Waals surface area contributed by atoms with Crippen LogP contribution in [0.25, 0.3) is 0 Å². The third-order valence-corrected chi connectivity index (χ3v) is 2.56. The van der Waals surface area contributed by atoms with Crippen LogP contribution in [-0.2, 0) is 4.74 Å². The fourth-order valence-corrected chi connectivity index (χ4v) is 1.62. The van der Waals surface area contributed by atoms with Crippen LogP contribution in [0.5, 0.6) is 5.88 Å². The van der Waals surface area contributed by atoms with E-state index in [1.807, 2.05) is 0 Å². The smallest absolute Gasteiger partial charge is 0.350 e. The van der Waals surface area contributed by atoms with Crippen LogP contribution in [0, 0.1) is 6.92 Å². The van der Waals surface area contributed by atoms with Crippen molar-refractivity contribution in [1.29, 1.82) is 0 Å². The van der Waals surface area contributed by atoms with Gasteiger partial charge in [0.25, 0.3) is 5.56 Å². The molecule has 2 heterocycles. The van der Waals surface area contributed by atoms with E-state index in [1.54, 1.807) is 5.01 Å². The number of morpholine rings is 1. The summed E-state index contributed by atoms with van der Waals surface area (Å²) in [4.78, 5) is 25.0. The molecule has 0 aromatic carbocycles. The minimum atomic E-state index is -0.630. The fourth-order valence-electron chi connectivity index (χ4n) is 1.62. The van der Waals surface area contributed by atoms with Gasteiger partial charge in [0.05, 0.1) is 31.9 Å². The topological polar surface area (TPSA) is 87.6 Å². The lowest BCUT2D eigenvalue weighted by atomic mass is 10.3. The van der Waals surface area contributed by atoms with Crippen molar-refractivity contribution in [1.82, 2.24) is 9.66 Å². The van der Waals surface area contributed by atoms with Gasteiger partial charge in [0.2, 0.25) is 5.88 Å². The first kappa shape index (κ1) is 10.7. The Bertz CT molecular complexity index is 498. The number of nitrogens with one attached hydrogen (secondary N) is 1. The molecule has 0 aliphatic carbocycles. The van der Waals surface area contributed by atoms with E-state index in [0.29, 0.717) is 26.3 Å². The van der Waals surface area contributed by atoms with E-state index >= 15 is 0 Å². The van der Waals surface area contributed by atoms with Crippen molar-refractivity contribution in [3.8, 4) is 5.88 Å². The Kier molecular flexibility index (Phi) is 2.69. The molecule has 0 radical (unpaired) electrons. The number of hydrogen-bond donors (Lipinski definition) is 2. The Labute approximate surface area is 90.9 Å². The maximum Gasteiger partial charge on any atom is 0.350 e. The van der Waals surface area contributed by atoms with Gasteiger partial charge in [0.1, 0.15) is 0 Å². The van der Waals surface area contributed by atoms with Gasteiger partial charge < -0.3 is 14.9 Å². The minimum Gasteiger partial charge on any atom is -0.493 e. The normalized spacial score (nSPS) is 16.4. The molecule has 1 aliphatic heterocycles. The largest absolute Gasteiger partial charge is 0.493 e. The highest BCUT2D eigenvalue weighted by molar-refractivity contribution is 5.22. The summed E-state index contributed by atoms with van der Waals surface area (Å²) in [5.74, 6) is -0.310. The maximum atomic E-state index is 11.6. The predicted octanol–water partition coefficient (Wildman–Crippen LogP) is -1.48. The Morgan fingerprint density at radius 3 is 2.56 bits per heavy atom. The summed E-state index contributed by atoms with van der Waals surface area (Å²) in [6.07, 6.45) is 0. The molecule has 7 nitrogen and oxygen atoms in total. The fraction of sp³-hybridized carbons (Fsp3) is 0.556. The molecule has 0 amide bonds. The molecule has 1 saturated heterocycles. The highest BCUT2D eigenvalue weighted by Gasteiger charge is 2.18. The van der Waals surface area contributed by atoms with E-state index in [0.717, 1.165) is 4.68 Å². The number of aromatic hydroxyl groups is 1. The molecule has 1 aromatic heterocycles. The molecular formula is C9H13N3O4. The quantitative estimate of drug-likeness (QED) is 0.611. The molecule has 0 unspecified atom stereocenters. The van der Waals surface area contributed by atoms with E-state index in [-0.39, 0.29) is 11.4 Å². The molecular weight excluding hydrogens is 214 g/mol. The Balaban J connectivity index is 2.51. The summed E-state index contributed by atoms with van der Waals surface area (Å²) < 4.78 is 6.23. The lowest BCUT2D eigenvalue weighted by Crippen LogP contribution is -2.50. The van der Waals surface area contributed by atoms with Crippen LogP contribution in [0.4, 0.5) is 0 Å². The molecule has 88 valence electrons. The molecule has 0 atom stereocenters. The molecule has 7 heteroatoms. The first-order chi connectivity index (χ1) is 7.61. The van der Waals surface area contributed by atoms with E-state index < -0.39 is 11.2 Å². The molecule has 1 aromatic rings. The van der Waals surface area contributed by atoms with E-state index in [1.165, 1.54) is 6.92 Å². The van der Waals surface area contributed by atoms with Crippen molar-refractivity contribution >= 4 is 0 Å². The third-order valence-electron chi connectivity index (χ3n) is 2.56. The van der Waals surface area contributed by atoms with Gasteiger partial charge in [0, 0.05) is 0 Å². The van der Waals surface area contributed by atoms with Gasteiger partial charge in [-0.1, -0.05) is 0 Å². The SMILES string of the molecule is Cc1c(O)n(N2CCOCC2)c(=O)[nH]c1=O. The molecule has 1 aliphatic rings. The van der Waals surface area contributed by atoms with Gasteiger partial charge in [0.15, 0.2) is 0 Å². The van der Waals surface area contributed by atoms with Crippen LogP contribution in [-0.4, -0.2) is 41.1 Å². The van der Waals surface area contributed by atoms with Crippen LogP contribution < -0.4 is 16.3 Å². The number of rotatable bonds is 1. The molecule has 2 N–H and O–H groups in total. The van der Waals surface area contributed by atoms with Crippen LogP contribution >= 0.6 is 0 Å². The number of H-pyrrole nitrogens is 1. The Morgan fingerprint density at radius 2 is 1.94 bits per heavy atom. The number of aromatic amines is 1. The predicted molar refractivity (Wildman–Crippen MR) is 56.5 cm³/mol. The molecule has 0 spiro atoms. The second-order valence-corrected chi connectivity index (χ2v) is 3.59. The average Bonchev–Trinajstić information content (AvgIpc) is 2.28. The number of hydrogen-bond acceptors (Lipinski definition) is 5. The molecule has 0 saturated carbocycles. The zero-order valence-corrected chi connectivity index (χ0v) is 8.89. The zero-order chi connectivity index (χ0) is 11.7. The van der Waals surface area contributed by atoms with Crippen LogP contribution in [0.15, 0.2) is 9.59 Å². The molecule has 0 bridgehead atoms. The van der Waals surface area contributed by atoms with E-state index in [9.17, 15) is 14.7 Å². The van der Waals surface area contributed by atoms with Gasteiger partial charge in [-0.3, -0.25) is 9.78 Å². The number of ether oxygens (including phenoxy) is 1. The monoisotopic (exact) mass is 227 g/mol. The molecule has 1 fully saturated rings. The highest BCUT2D eigenvalue weighted by atomic mass is 16.5. The molecule has 2 rings (SSSR count). The van der Waals surface area contributed by atoms with Crippen molar-refractivity contribution < 1.29 is 9.84 Å². The Morgan fingerprint density at radius 1 is 1.31 bits per heavy atom. The molecule has 16 heavy (non-hydrogen) atoms. The average molecular weight is 227 g/mol. The lowest BCUT2D eigenvalue weighted by Gasteiger charge is -2.30. The summed E-state index contributed by atoms with van der Waals surface area (Å²) in [5, 5.41) is 11.4. The van der Waals surface area contributed by atoms with Crippen LogP contribution in [0.2, 0.25) is 0 Å². The van der Waals surface area contributed by atoms with Crippen molar-refractivity contribution in [3.63, 3.8) is 0 Å². The van der Waals surface area contributed by atoms with Gasteiger partial charge in [-0.15, -0.1) is 0 Å². The number of aromatic nitrogens is 2. The van der Waals surface area contributed by atoms with Crippen molar-refractivity contribution in [2.24, 2.45) is 0 Å². The summed E-state index contributed by atoms with van der Waals surface area (Å²) in [6, 6.07) is 0. The van der Waals surface area contributed by atoms with Gasteiger partial charge >= 0.3 is 5.69 Å². The highest BCUT2D eigenvalue weighted by Crippen LogP contribution is 2.09. The minimum absolute atomic E-state index is 0.131. The standard InChI is InChI=1S/C9H13N3O4/c1-6-7(13)10-9(15)12(8(6)14)11-2-4-16-5-3-11/h14H,2-5H2,1H3,(H,10,13,15). The van der Waals surface area contributed by atoms with E-state index in [4.69, 9.17) is 4.74 Å². The number of nitrogens with zero attached hydrogens (tertiary/aromatic N) is 2. The van der Waals surface area contributed by atoms with Gasteiger partial charge in [-0.05, 0) is 6.92 Å². The zero-order valence-electron chi connectivity index (χ0n) is 8.89. The summed E-state index contributed by atoms with van der Waals surface area (Å²) in [7, 11) is 0. The van der Waals surface area contributed by atoms with Crippen LogP contribution in [0.1, 0.15) is 5.56 Å². The van der Waals surface area contributed by atoms with Crippen molar-refractivity contribution in [2.45, 2.75) is 6.92 Å². The van der Waals surface area contributed by atoms with Crippen molar-refractivity contribution in [3.05, 3.63) is 26.4 Å². The Hall–Kier alpha value is -1.76. The summed E-state index contributed by atoms with van der Waals surface area (Å²) in [6.45, 7) is 3.44. The first-order valence-corrected chi connectivity index (χ1v) is 4.99. The van der Waals surface area contributed by atoms with Crippen LogP contribution in [0.3, 0.4) is 0 Å². The van der Waals surface area contributed by atoms with Gasteiger partial charge in [-0.2, -0.15) is 4.68 Å². The van der Waals surface area contributed by atoms with Gasteiger partial charge in [-0.25, -0.2) is 4.79 Å². The second-order valence-electron chi connectivity index (χ2n) is 3.59.